The zero-order valence-corrected chi connectivity index (χ0v) is 23.5. The van der Waals surface area contributed by atoms with Crippen LogP contribution in [0.15, 0.2) is 69.5 Å². The van der Waals surface area contributed by atoms with Gasteiger partial charge in [-0.1, -0.05) is 55.1 Å². The molecule has 8 nitrogen and oxygen atoms in total. The van der Waals surface area contributed by atoms with E-state index in [1.54, 1.807) is 12.1 Å². The van der Waals surface area contributed by atoms with Gasteiger partial charge in [-0.3, -0.25) is 14.5 Å². The number of rotatable bonds is 6. The molecule has 3 N–H and O–H groups in total. The van der Waals surface area contributed by atoms with E-state index in [1.807, 2.05) is 13.8 Å². The first-order valence-electron chi connectivity index (χ1n) is 12.4. The monoisotopic (exact) mass is 596 g/mol. The summed E-state index contributed by atoms with van der Waals surface area (Å²) in [6, 6.07) is 10.9. The highest BCUT2D eigenvalue weighted by atomic mass is 32.2. The molecule has 5 rings (SSSR count). The standard InChI is InChI=1S/C28H23F3N6O2S2/c1-28(2)10-20-24(21(38)11-28)23(15-5-3-4-6-17(15)30)16(12-32)25(33)37(20)26-35-36-27(41-26)40-13-22(39)34-19-8-7-14(29)9-18(19)31/h3-9,23H,10-11,13,33H2,1-2H3,(H,34,39). The van der Waals surface area contributed by atoms with Gasteiger partial charge in [0.1, 0.15) is 23.3 Å². The molecule has 1 amide bonds. The van der Waals surface area contributed by atoms with Crippen LogP contribution in [0.5, 0.6) is 0 Å². The normalized spacial score (nSPS) is 18.3. The quantitative estimate of drug-likeness (QED) is 0.351. The third-order valence-electron chi connectivity index (χ3n) is 6.72. The first-order chi connectivity index (χ1) is 19.5. The Balaban J connectivity index is 1.46. The van der Waals surface area contributed by atoms with Gasteiger partial charge in [-0.15, -0.1) is 10.2 Å². The number of amides is 1. The van der Waals surface area contributed by atoms with E-state index in [9.17, 15) is 28.0 Å². The molecule has 0 fully saturated rings. The zero-order valence-electron chi connectivity index (χ0n) is 21.9. The van der Waals surface area contributed by atoms with Crippen LogP contribution < -0.4 is 16.0 Å². The van der Waals surface area contributed by atoms with Crippen molar-refractivity contribution in [2.45, 2.75) is 36.9 Å². The third kappa shape index (κ3) is 5.57. The molecule has 0 bridgehead atoms. The molecule has 1 aromatic heterocycles. The lowest BCUT2D eigenvalue weighted by atomic mass is 9.68. The van der Waals surface area contributed by atoms with Gasteiger partial charge in [0.15, 0.2) is 10.1 Å². The number of halogens is 3. The van der Waals surface area contributed by atoms with Gasteiger partial charge in [-0.25, -0.2) is 13.2 Å². The first kappa shape index (κ1) is 28.4. The smallest absolute Gasteiger partial charge is 0.234 e. The van der Waals surface area contributed by atoms with Crippen molar-refractivity contribution in [2.75, 3.05) is 16.0 Å². The summed E-state index contributed by atoms with van der Waals surface area (Å²) in [7, 11) is 0. The number of hydrogen-bond donors (Lipinski definition) is 2. The van der Waals surface area contributed by atoms with Crippen molar-refractivity contribution in [2.24, 2.45) is 11.1 Å². The molecule has 2 aliphatic rings. The first-order valence-corrected chi connectivity index (χ1v) is 14.2. The van der Waals surface area contributed by atoms with Crippen LogP contribution in [0.3, 0.4) is 0 Å². The van der Waals surface area contributed by atoms with Crippen LogP contribution in [0.25, 0.3) is 0 Å². The number of benzene rings is 2. The highest BCUT2D eigenvalue weighted by Crippen LogP contribution is 2.51. The topological polar surface area (TPSA) is 125 Å². The Kier molecular flexibility index (Phi) is 7.63. The van der Waals surface area contributed by atoms with E-state index in [0.29, 0.717) is 28.1 Å². The molecule has 0 spiro atoms. The number of Topliss-reactive ketones (excluding diaryl/α,β-unsaturated/α-hetero) is 1. The molecule has 2 heterocycles. The maximum absolute atomic E-state index is 15.0. The van der Waals surface area contributed by atoms with Gasteiger partial charge < -0.3 is 11.1 Å². The van der Waals surface area contributed by atoms with Crippen LogP contribution in [-0.4, -0.2) is 27.6 Å². The Labute approximate surface area is 241 Å². The summed E-state index contributed by atoms with van der Waals surface area (Å²) in [6.45, 7) is 3.88. The molecule has 1 unspecified atom stereocenters. The largest absolute Gasteiger partial charge is 0.384 e. The Bertz CT molecular complexity index is 1680. The molecule has 210 valence electrons. The van der Waals surface area contributed by atoms with E-state index in [2.05, 4.69) is 21.6 Å². The van der Waals surface area contributed by atoms with Gasteiger partial charge in [0.2, 0.25) is 11.0 Å². The third-order valence-corrected chi connectivity index (χ3v) is 8.76. The Morgan fingerprint density at radius 1 is 1.20 bits per heavy atom. The minimum absolute atomic E-state index is 0.0160. The summed E-state index contributed by atoms with van der Waals surface area (Å²) >= 11 is 2.12. The molecular formula is C28H23F3N6O2S2. The van der Waals surface area contributed by atoms with E-state index < -0.39 is 34.7 Å². The molecule has 0 saturated carbocycles. The number of aromatic nitrogens is 2. The molecule has 2 aromatic carbocycles. The number of nitrogens with one attached hydrogen (secondary N) is 1. The SMILES string of the molecule is CC1(C)CC(=O)C2=C(C1)N(c1nnc(SCC(=O)Nc3ccc(F)cc3F)s1)C(N)=C(C#N)C2c1ccccc1F. The summed E-state index contributed by atoms with van der Waals surface area (Å²) in [5.74, 6) is -4.06. The maximum atomic E-state index is 15.0. The average molecular weight is 597 g/mol. The van der Waals surface area contributed by atoms with Crippen molar-refractivity contribution < 1.29 is 22.8 Å². The minimum atomic E-state index is -0.964. The molecule has 1 aliphatic carbocycles. The van der Waals surface area contributed by atoms with E-state index in [0.717, 1.165) is 35.2 Å². The van der Waals surface area contributed by atoms with Gasteiger partial charge >= 0.3 is 0 Å². The molecular weight excluding hydrogens is 573 g/mol. The Hall–Kier alpha value is -4.15. The molecule has 13 heteroatoms. The lowest BCUT2D eigenvalue weighted by Crippen LogP contribution is -2.42. The number of nitriles is 1. The maximum Gasteiger partial charge on any atom is 0.234 e. The van der Waals surface area contributed by atoms with Crippen LogP contribution in [0.4, 0.5) is 24.0 Å². The molecule has 41 heavy (non-hydrogen) atoms. The van der Waals surface area contributed by atoms with Crippen molar-refractivity contribution in [1.82, 2.24) is 10.2 Å². The summed E-state index contributed by atoms with van der Waals surface area (Å²) in [5.41, 5.74) is 6.98. The lowest BCUT2D eigenvalue weighted by Gasteiger charge is -2.42. The van der Waals surface area contributed by atoms with Gasteiger partial charge in [-0.05, 0) is 30.0 Å². The molecule has 0 saturated heterocycles. The van der Waals surface area contributed by atoms with Gasteiger partial charge in [-0.2, -0.15) is 5.26 Å². The number of thioether (sulfide) groups is 1. The minimum Gasteiger partial charge on any atom is -0.384 e. The van der Waals surface area contributed by atoms with E-state index in [4.69, 9.17) is 5.73 Å². The summed E-state index contributed by atoms with van der Waals surface area (Å²) in [5, 5.41) is 21.1. The van der Waals surface area contributed by atoms with Crippen LogP contribution in [0, 0.1) is 34.2 Å². The van der Waals surface area contributed by atoms with Crippen molar-refractivity contribution >= 4 is 45.6 Å². The van der Waals surface area contributed by atoms with Crippen molar-refractivity contribution in [3.63, 3.8) is 0 Å². The fraction of sp³-hybridized carbons (Fsp3) is 0.250. The second-order valence-corrected chi connectivity index (χ2v) is 12.5. The van der Waals surface area contributed by atoms with Crippen molar-refractivity contribution in [1.29, 1.82) is 5.26 Å². The molecule has 0 radical (unpaired) electrons. The Morgan fingerprint density at radius 3 is 2.66 bits per heavy atom. The second-order valence-electron chi connectivity index (χ2n) is 10.3. The summed E-state index contributed by atoms with van der Waals surface area (Å²) in [6.07, 6.45) is 0.621. The number of hydrogen-bond acceptors (Lipinski definition) is 9. The number of nitrogens with zero attached hydrogens (tertiary/aromatic N) is 4. The zero-order chi connectivity index (χ0) is 29.5. The van der Waals surface area contributed by atoms with E-state index >= 15 is 0 Å². The number of ketones is 1. The highest BCUT2D eigenvalue weighted by molar-refractivity contribution is 8.01. The fourth-order valence-electron chi connectivity index (χ4n) is 5.00. The van der Waals surface area contributed by atoms with Crippen LogP contribution >= 0.6 is 23.1 Å². The Morgan fingerprint density at radius 2 is 1.95 bits per heavy atom. The highest BCUT2D eigenvalue weighted by Gasteiger charge is 2.46. The molecule has 1 atom stereocenters. The molecule has 1 aliphatic heterocycles. The molecule has 3 aromatic rings. The predicted octanol–water partition coefficient (Wildman–Crippen LogP) is 5.63. The van der Waals surface area contributed by atoms with Gasteiger partial charge in [0.25, 0.3) is 0 Å². The van der Waals surface area contributed by atoms with Crippen LogP contribution in [-0.2, 0) is 9.59 Å². The number of carbonyl (C=O) groups is 2. The van der Waals surface area contributed by atoms with Crippen molar-refractivity contribution in [3.05, 3.63) is 88.1 Å². The van der Waals surface area contributed by atoms with Crippen LogP contribution in [0.1, 0.15) is 38.2 Å². The predicted molar refractivity (Wildman–Crippen MR) is 149 cm³/mol. The number of anilines is 2. The van der Waals surface area contributed by atoms with Crippen LogP contribution in [0.2, 0.25) is 0 Å². The van der Waals surface area contributed by atoms with Crippen molar-refractivity contribution in [3.8, 4) is 6.07 Å². The second kappa shape index (κ2) is 11.0. The fourth-order valence-corrected chi connectivity index (χ4v) is 6.68. The number of allylic oxidation sites excluding steroid dienone is 3. The summed E-state index contributed by atoms with van der Waals surface area (Å²) in [4.78, 5) is 27.5. The van der Waals surface area contributed by atoms with E-state index in [1.165, 1.54) is 17.0 Å². The van der Waals surface area contributed by atoms with E-state index in [-0.39, 0.29) is 45.7 Å². The number of carbonyl (C=O) groups excluding carboxylic acids is 2. The lowest BCUT2D eigenvalue weighted by molar-refractivity contribution is -0.118. The average Bonchev–Trinajstić information content (AvgIpc) is 3.36. The van der Waals surface area contributed by atoms with Gasteiger partial charge in [0.05, 0.1) is 29.0 Å². The van der Waals surface area contributed by atoms with Gasteiger partial charge in [0, 0.05) is 29.3 Å². The number of nitrogens with two attached hydrogens (primary N) is 1. The summed E-state index contributed by atoms with van der Waals surface area (Å²) < 4.78 is 42.4.